The van der Waals surface area contributed by atoms with Gasteiger partial charge in [-0.15, -0.1) is 0 Å². The zero-order chi connectivity index (χ0) is 16.9. The number of aryl methyl sites for hydroxylation is 1. The number of hydrogen-bond acceptors (Lipinski definition) is 3. The Bertz CT molecular complexity index is 563. The minimum absolute atomic E-state index is 0.577. The first-order chi connectivity index (χ1) is 11.7. The molecule has 3 heterocycles. The lowest BCUT2D eigenvalue weighted by atomic mass is 10.1. The van der Waals surface area contributed by atoms with Crippen LogP contribution in [0.2, 0.25) is 0 Å². The van der Waals surface area contributed by atoms with E-state index in [0.717, 1.165) is 25.6 Å². The SMILES string of the molecule is CCNC(=NCC1CN2CCN1CC2)N(C)Cc1ccccc1C. The van der Waals surface area contributed by atoms with E-state index in [1.807, 2.05) is 0 Å². The molecule has 24 heavy (non-hydrogen) atoms. The Morgan fingerprint density at radius 2 is 2.00 bits per heavy atom. The van der Waals surface area contributed by atoms with Crippen molar-refractivity contribution in [1.82, 2.24) is 20.0 Å². The lowest BCUT2D eigenvalue weighted by Gasteiger charge is -2.47. The molecule has 3 aliphatic heterocycles. The molecular formula is C19H31N5. The molecule has 1 unspecified atom stereocenters. The van der Waals surface area contributed by atoms with E-state index in [4.69, 9.17) is 4.99 Å². The summed E-state index contributed by atoms with van der Waals surface area (Å²) in [5, 5.41) is 3.45. The molecule has 1 aromatic rings. The molecule has 3 aliphatic rings. The molecule has 0 aromatic heterocycles. The molecule has 132 valence electrons. The van der Waals surface area contributed by atoms with Gasteiger partial charge in [0, 0.05) is 58.9 Å². The van der Waals surface area contributed by atoms with Gasteiger partial charge in [-0.25, -0.2) is 0 Å². The molecule has 1 atom stereocenters. The molecule has 0 radical (unpaired) electrons. The van der Waals surface area contributed by atoms with E-state index in [-0.39, 0.29) is 0 Å². The van der Waals surface area contributed by atoms with Gasteiger partial charge in [0.2, 0.25) is 0 Å². The Labute approximate surface area is 146 Å². The van der Waals surface area contributed by atoms with Gasteiger partial charge in [0.05, 0.1) is 6.54 Å². The van der Waals surface area contributed by atoms with Gasteiger partial charge in [-0.3, -0.25) is 14.8 Å². The summed E-state index contributed by atoms with van der Waals surface area (Å²) >= 11 is 0. The van der Waals surface area contributed by atoms with Gasteiger partial charge in [-0.2, -0.15) is 0 Å². The van der Waals surface area contributed by atoms with E-state index in [2.05, 4.69) is 65.2 Å². The van der Waals surface area contributed by atoms with E-state index < -0.39 is 0 Å². The third-order valence-electron chi connectivity index (χ3n) is 5.21. The Hall–Kier alpha value is -1.59. The van der Waals surface area contributed by atoms with Crippen molar-refractivity contribution in [2.45, 2.75) is 26.4 Å². The molecule has 0 aliphatic carbocycles. The molecule has 5 heteroatoms. The Morgan fingerprint density at radius 3 is 2.62 bits per heavy atom. The molecule has 0 saturated carbocycles. The van der Waals surface area contributed by atoms with Crippen molar-refractivity contribution in [2.75, 3.05) is 52.9 Å². The van der Waals surface area contributed by atoms with Gasteiger partial charge >= 0.3 is 0 Å². The predicted octanol–water partition coefficient (Wildman–Crippen LogP) is 1.39. The number of rotatable bonds is 5. The van der Waals surface area contributed by atoms with Crippen LogP contribution in [0.4, 0.5) is 0 Å². The monoisotopic (exact) mass is 329 g/mol. The largest absolute Gasteiger partial charge is 0.357 e. The number of nitrogens with one attached hydrogen (secondary N) is 1. The highest BCUT2D eigenvalue weighted by Crippen LogP contribution is 2.16. The van der Waals surface area contributed by atoms with Gasteiger partial charge < -0.3 is 10.2 Å². The first-order valence-electron chi connectivity index (χ1n) is 9.17. The van der Waals surface area contributed by atoms with E-state index in [9.17, 15) is 0 Å². The molecular weight excluding hydrogens is 298 g/mol. The number of benzene rings is 1. The third kappa shape index (κ3) is 4.08. The third-order valence-corrected chi connectivity index (χ3v) is 5.21. The fourth-order valence-electron chi connectivity index (χ4n) is 3.68. The zero-order valence-corrected chi connectivity index (χ0v) is 15.3. The topological polar surface area (TPSA) is 34.1 Å². The number of aliphatic imine (C=N–C) groups is 1. The molecule has 1 aromatic carbocycles. The highest BCUT2D eigenvalue weighted by molar-refractivity contribution is 5.79. The molecule has 5 nitrogen and oxygen atoms in total. The molecule has 4 rings (SSSR count). The number of fused-ring (bicyclic) bond motifs is 3. The molecule has 0 amide bonds. The van der Waals surface area contributed by atoms with E-state index >= 15 is 0 Å². The maximum absolute atomic E-state index is 4.94. The number of piperazine rings is 3. The van der Waals surface area contributed by atoms with Crippen LogP contribution in [-0.4, -0.2) is 79.6 Å². The van der Waals surface area contributed by atoms with Gasteiger partial charge in [-0.1, -0.05) is 24.3 Å². The summed E-state index contributed by atoms with van der Waals surface area (Å²) in [4.78, 5) is 12.4. The number of hydrogen-bond donors (Lipinski definition) is 1. The summed E-state index contributed by atoms with van der Waals surface area (Å²) in [6.45, 7) is 13.0. The van der Waals surface area contributed by atoms with Crippen LogP contribution in [0.5, 0.6) is 0 Å². The van der Waals surface area contributed by atoms with Crippen LogP contribution in [0.1, 0.15) is 18.1 Å². The second kappa shape index (κ2) is 7.99. The molecule has 0 spiro atoms. The van der Waals surface area contributed by atoms with Crippen molar-refractivity contribution in [3.63, 3.8) is 0 Å². The summed E-state index contributed by atoms with van der Waals surface area (Å²) < 4.78 is 0. The van der Waals surface area contributed by atoms with Gasteiger partial charge in [-0.05, 0) is 25.0 Å². The Morgan fingerprint density at radius 1 is 1.25 bits per heavy atom. The zero-order valence-electron chi connectivity index (χ0n) is 15.3. The minimum atomic E-state index is 0.577. The first kappa shape index (κ1) is 17.2. The van der Waals surface area contributed by atoms with E-state index in [0.29, 0.717) is 6.04 Å². The van der Waals surface area contributed by atoms with Crippen molar-refractivity contribution < 1.29 is 0 Å². The maximum Gasteiger partial charge on any atom is 0.194 e. The summed E-state index contributed by atoms with van der Waals surface area (Å²) in [6, 6.07) is 9.16. The highest BCUT2D eigenvalue weighted by Gasteiger charge is 2.31. The molecule has 3 fully saturated rings. The Kier molecular flexibility index (Phi) is 5.74. The van der Waals surface area contributed by atoms with Crippen molar-refractivity contribution in [3.05, 3.63) is 35.4 Å². The van der Waals surface area contributed by atoms with Crippen LogP contribution in [0.3, 0.4) is 0 Å². The number of guanidine groups is 1. The number of nitrogens with zero attached hydrogens (tertiary/aromatic N) is 4. The van der Waals surface area contributed by atoms with Gasteiger partial charge in [0.25, 0.3) is 0 Å². The van der Waals surface area contributed by atoms with Crippen molar-refractivity contribution in [1.29, 1.82) is 0 Å². The molecule has 2 bridgehead atoms. The van der Waals surface area contributed by atoms with E-state index in [1.165, 1.54) is 43.9 Å². The van der Waals surface area contributed by atoms with Crippen molar-refractivity contribution >= 4 is 5.96 Å². The van der Waals surface area contributed by atoms with Crippen LogP contribution in [0.25, 0.3) is 0 Å². The Balaban J connectivity index is 1.63. The summed E-state index contributed by atoms with van der Waals surface area (Å²) in [5.74, 6) is 1.01. The van der Waals surface area contributed by atoms with E-state index in [1.54, 1.807) is 0 Å². The highest BCUT2D eigenvalue weighted by atomic mass is 15.4. The average molecular weight is 329 g/mol. The second-order valence-corrected chi connectivity index (χ2v) is 6.97. The standard InChI is InChI=1S/C19H31N5/c1-4-20-19(22(3)14-17-8-6-5-7-16(17)2)21-13-18-15-23-9-11-24(18)12-10-23/h5-8,18H,4,9-15H2,1-3H3,(H,20,21). The normalized spacial score (nSPS) is 26.5. The summed E-state index contributed by atoms with van der Waals surface area (Å²) in [6.07, 6.45) is 0. The van der Waals surface area contributed by atoms with Gasteiger partial charge in [0.15, 0.2) is 5.96 Å². The van der Waals surface area contributed by atoms with Crippen LogP contribution in [0.15, 0.2) is 29.3 Å². The molecule has 3 saturated heterocycles. The fraction of sp³-hybridized carbons (Fsp3) is 0.632. The minimum Gasteiger partial charge on any atom is -0.357 e. The van der Waals surface area contributed by atoms with Crippen LogP contribution in [-0.2, 0) is 6.54 Å². The van der Waals surface area contributed by atoms with Crippen LogP contribution in [0, 0.1) is 6.92 Å². The lowest BCUT2D eigenvalue weighted by Crippen LogP contribution is -2.62. The maximum atomic E-state index is 4.94. The second-order valence-electron chi connectivity index (χ2n) is 6.97. The predicted molar refractivity (Wildman–Crippen MR) is 100 cm³/mol. The summed E-state index contributed by atoms with van der Waals surface area (Å²) in [7, 11) is 2.13. The summed E-state index contributed by atoms with van der Waals surface area (Å²) in [5.41, 5.74) is 2.70. The van der Waals surface area contributed by atoms with Crippen LogP contribution < -0.4 is 5.32 Å². The molecule has 1 N–H and O–H groups in total. The first-order valence-corrected chi connectivity index (χ1v) is 9.17. The van der Waals surface area contributed by atoms with Crippen LogP contribution >= 0.6 is 0 Å². The quantitative estimate of drug-likeness (QED) is 0.654. The van der Waals surface area contributed by atoms with Crippen molar-refractivity contribution in [3.8, 4) is 0 Å². The van der Waals surface area contributed by atoms with Gasteiger partial charge in [0.1, 0.15) is 0 Å². The smallest absolute Gasteiger partial charge is 0.194 e. The van der Waals surface area contributed by atoms with Crippen molar-refractivity contribution in [2.24, 2.45) is 4.99 Å². The average Bonchev–Trinajstić information content (AvgIpc) is 2.61. The lowest BCUT2D eigenvalue weighted by molar-refractivity contribution is 0.0173. The fourth-order valence-corrected chi connectivity index (χ4v) is 3.68.